The zero-order valence-corrected chi connectivity index (χ0v) is 13.6. The summed E-state index contributed by atoms with van der Waals surface area (Å²) in [5.41, 5.74) is 0.602. The topological polar surface area (TPSA) is 37.4 Å². The van der Waals surface area contributed by atoms with Crippen molar-refractivity contribution < 1.29 is 12.8 Å². The van der Waals surface area contributed by atoms with E-state index in [2.05, 4.69) is 0 Å². The molecule has 1 aliphatic heterocycles. The van der Waals surface area contributed by atoms with Crippen molar-refractivity contribution in [2.75, 3.05) is 18.8 Å². The summed E-state index contributed by atoms with van der Waals surface area (Å²) in [6.07, 6.45) is 0.904. The van der Waals surface area contributed by atoms with Crippen molar-refractivity contribution in [3.63, 3.8) is 0 Å². The number of sulfonamides is 1. The first-order chi connectivity index (χ1) is 9.48. The van der Waals surface area contributed by atoms with Gasteiger partial charge < -0.3 is 0 Å². The SMILES string of the molecule is CCC1CN(S(=O)(=O)c2cc(CCl)ccc2F)CCS1. The molecular weight excluding hydrogens is 321 g/mol. The van der Waals surface area contributed by atoms with Crippen molar-refractivity contribution in [1.29, 1.82) is 0 Å². The van der Waals surface area contributed by atoms with Crippen molar-refractivity contribution in [3.8, 4) is 0 Å². The normalized spacial score (nSPS) is 21.1. The lowest BCUT2D eigenvalue weighted by Gasteiger charge is -2.31. The van der Waals surface area contributed by atoms with E-state index in [4.69, 9.17) is 11.6 Å². The van der Waals surface area contributed by atoms with E-state index in [-0.39, 0.29) is 16.0 Å². The lowest BCUT2D eigenvalue weighted by Crippen LogP contribution is -2.42. The summed E-state index contributed by atoms with van der Waals surface area (Å²) in [4.78, 5) is -0.266. The summed E-state index contributed by atoms with van der Waals surface area (Å²) in [6.45, 7) is 2.89. The maximum Gasteiger partial charge on any atom is 0.246 e. The predicted octanol–water partition coefficient (Wildman–Crippen LogP) is 3.08. The van der Waals surface area contributed by atoms with E-state index in [0.29, 0.717) is 18.7 Å². The minimum atomic E-state index is -3.78. The molecule has 112 valence electrons. The number of halogens is 2. The Morgan fingerprint density at radius 3 is 2.90 bits per heavy atom. The summed E-state index contributed by atoms with van der Waals surface area (Å²) in [5, 5.41) is 0.276. The highest BCUT2D eigenvalue weighted by Crippen LogP contribution is 2.28. The number of thioether (sulfide) groups is 1. The van der Waals surface area contributed by atoms with E-state index in [1.165, 1.54) is 22.5 Å². The Hall–Kier alpha value is -0.300. The molecular formula is C13H17ClFNO2S2. The zero-order chi connectivity index (χ0) is 14.8. The highest BCUT2D eigenvalue weighted by molar-refractivity contribution is 8.00. The molecule has 0 saturated carbocycles. The second-order valence-corrected chi connectivity index (χ2v) is 8.24. The number of rotatable bonds is 4. The summed E-state index contributed by atoms with van der Waals surface area (Å²) in [6, 6.07) is 4.00. The van der Waals surface area contributed by atoms with Crippen molar-refractivity contribution in [2.24, 2.45) is 0 Å². The molecule has 0 spiro atoms. The molecule has 0 aromatic heterocycles. The van der Waals surface area contributed by atoms with Gasteiger partial charge in [-0.25, -0.2) is 12.8 Å². The molecule has 1 aliphatic rings. The molecule has 0 amide bonds. The highest BCUT2D eigenvalue weighted by Gasteiger charge is 2.31. The molecule has 1 aromatic rings. The molecule has 0 bridgehead atoms. The van der Waals surface area contributed by atoms with Gasteiger partial charge in [0, 0.05) is 30.0 Å². The Morgan fingerprint density at radius 1 is 1.50 bits per heavy atom. The van der Waals surface area contributed by atoms with E-state index in [9.17, 15) is 12.8 Å². The monoisotopic (exact) mass is 337 g/mol. The van der Waals surface area contributed by atoms with Gasteiger partial charge in [0.15, 0.2) is 0 Å². The number of nitrogens with zero attached hydrogens (tertiary/aromatic N) is 1. The molecule has 0 radical (unpaired) electrons. The fourth-order valence-electron chi connectivity index (χ4n) is 2.13. The van der Waals surface area contributed by atoms with Crippen LogP contribution in [0.3, 0.4) is 0 Å². The lowest BCUT2D eigenvalue weighted by molar-refractivity contribution is 0.412. The quantitative estimate of drug-likeness (QED) is 0.792. The van der Waals surface area contributed by atoms with E-state index in [1.54, 1.807) is 11.8 Å². The standard InChI is InChI=1S/C13H17ClFNO2S2/c1-2-11-9-16(5-6-19-11)20(17,18)13-7-10(8-14)3-4-12(13)15/h3-4,7,11H,2,5-6,8-9H2,1H3. The summed E-state index contributed by atoms with van der Waals surface area (Å²) < 4.78 is 40.4. The van der Waals surface area contributed by atoms with Gasteiger partial charge in [0.1, 0.15) is 10.7 Å². The first kappa shape index (κ1) is 16.1. The second-order valence-electron chi connectivity index (χ2n) is 4.66. The average Bonchev–Trinajstić information content (AvgIpc) is 2.47. The molecule has 7 heteroatoms. The van der Waals surface area contributed by atoms with E-state index in [1.807, 2.05) is 6.92 Å². The summed E-state index contributed by atoms with van der Waals surface area (Å²) >= 11 is 7.47. The van der Waals surface area contributed by atoms with Crippen molar-refractivity contribution in [3.05, 3.63) is 29.6 Å². The largest absolute Gasteiger partial charge is 0.246 e. The van der Waals surface area contributed by atoms with Gasteiger partial charge >= 0.3 is 0 Å². The molecule has 1 unspecified atom stereocenters. The summed E-state index contributed by atoms with van der Waals surface area (Å²) in [7, 11) is -3.78. The van der Waals surface area contributed by atoms with Crippen LogP contribution in [-0.4, -0.2) is 36.8 Å². The maximum atomic E-state index is 13.9. The fourth-order valence-corrected chi connectivity index (χ4v) is 5.28. The molecule has 20 heavy (non-hydrogen) atoms. The second kappa shape index (κ2) is 6.64. The number of hydrogen-bond acceptors (Lipinski definition) is 3. The molecule has 1 atom stereocenters. The number of benzene rings is 1. The Balaban J connectivity index is 2.34. The van der Waals surface area contributed by atoms with E-state index >= 15 is 0 Å². The fraction of sp³-hybridized carbons (Fsp3) is 0.538. The van der Waals surface area contributed by atoms with Crippen LogP contribution in [0.5, 0.6) is 0 Å². The van der Waals surface area contributed by atoms with Crippen LogP contribution in [0.2, 0.25) is 0 Å². The van der Waals surface area contributed by atoms with Gasteiger partial charge in [-0.15, -0.1) is 11.6 Å². The Morgan fingerprint density at radius 2 is 2.25 bits per heavy atom. The molecule has 0 N–H and O–H groups in total. The van der Waals surface area contributed by atoms with Gasteiger partial charge in [0.2, 0.25) is 10.0 Å². The number of alkyl halides is 1. The minimum Gasteiger partial charge on any atom is -0.207 e. The molecule has 2 rings (SSSR count). The average molecular weight is 338 g/mol. The van der Waals surface area contributed by atoms with Crippen LogP contribution in [0, 0.1) is 5.82 Å². The molecule has 3 nitrogen and oxygen atoms in total. The Labute approximate surface area is 128 Å². The summed E-state index contributed by atoms with van der Waals surface area (Å²) in [5.74, 6) is 0.190. The van der Waals surface area contributed by atoms with Crippen molar-refractivity contribution in [2.45, 2.75) is 29.4 Å². The van der Waals surface area contributed by atoms with Gasteiger partial charge in [0.05, 0.1) is 0 Å². The third-order valence-electron chi connectivity index (χ3n) is 3.32. The van der Waals surface area contributed by atoms with Gasteiger partial charge in [-0.2, -0.15) is 16.1 Å². The minimum absolute atomic E-state index is 0.163. The van der Waals surface area contributed by atoms with Crippen LogP contribution < -0.4 is 0 Å². The van der Waals surface area contributed by atoms with Crippen LogP contribution >= 0.6 is 23.4 Å². The van der Waals surface area contributed by atoms with E-state index in [0.717, 1.165) is 12.2 Å². The van der Waals surface area contributed by atoms with Crippen LogP contribution in [0.1, 0.15) is 18.9 Å². The Kier molecular flexibility index (Phi) is 5.34. The molecule has 1 heterocycles. The molecule has 1 saturated heterocycles. The highest BCUT2D eigenvalue weighted by atomic mass is 35.5. The molecule has 1 fully saturated rings. The lowest BCUT2D eigenvalue weighted by atomic mass is 10.2. The van der Waals surface area contributed by atoms with Gasteiger partial charge in [-0.3, -0.25) is 0 Å². The third-order valence-corrected chi connectivity index (χ3v) is 6.89. The number of hydrogen-bond donors (Lipinski definition) is 0. The third kappa shape index (κ3) is 3.30. The van der Waals surface area contributed by atoms with Crippen LogP contribution in [0.25, 0.3) is 0 Å². The first-order valence-electron chi connectivity index (χ1n) is 6.45. The first-order valence-corrected chi connectivity index (χ1v) is 9.47. The maximum absolute atomic E-state index is 13.9. The zero-order valence-electron chi connectivity index (χ0n) is 11.2. The van der Waals surface area contributed by atoms with E-state index < -0.39 is 15.8 Å². The van der Waals surface area contributed by atoms with Gasteiger partial charge in [-0.1, -0.05) is 13.0 Å². The van der Waals surface area contributed by atoms with Crippen molar-refractivity contribution >= 4 is 33.4 Å². The van der Waals surface area contributed by atoms with Crippen LogP contribution in [0.15, 0.2) is 23.1 Å². The smallest absolute Gasteiger partial charge is 0.207 e. The Bertz CT molecular complexity index is 580. The molecule has 1 aromatic carbocycles. The van der Waals surface area contributed by atoms with Crippen molar-refractivity contribution in [1.82, 2.24) is 4.31 Å². The van der Waals surface area contributed by atoms with Crippen LogP contribution in [-0.2, 0) is 15.9 Å². The molecule has 0 aliphatic carbocycles. The van der Waals surface area contributed by atoms with Gasteiger partial charge in [-0.05, 0) is 24.1 Å². The van der Waals surface area contributed by atoms with Crippen LogP contribution in [0.4, 0.5) is 4.39 Å². The van der Waals surface area contributed by atoms with Gasteiger partial charge in [0.25, 0.3) is 0 Å². The predicted molar refractivity (Wildman–Crippen MR) is 81.3 cm³/mol.